The molecule has 1 aromatic rings. The molecule has 1 aromatic heterocycles. The summed E-state index contributed by atoms with van der Waals surface area (Å²) in [6, 6.07) is 4.02. The summed E-state index contributed by atoms with van der Waals surface area (Å²) in [5.41, 5.74) is 0.419. The van der Waals surface area contributed by atoms with Crippen molar-refractivity contribution < 1.29 is 4.79 Å². The summed E-state index contributed by atoms with van der Waals surface area (Å²) in [4.78, 5) is 16.8. The van der Waals surface area contributed by atoms with Crippen molar-refractivity contribution in [3.63, 3.8) is 0 Å². The molecule has 0 bridgehead atoms. The summed E-state index contributed by atoms with van der Waals surface area (Å²) in [5.74, 6) is 0.773. The lowest BCUT2D eigenvalue weighted by molar-refractivity contribution is 0.0932. The molecule has 6 heteroatoms. The maximum atomic E-state index is 12.1. The second kappa shape index (κ2) is 7.05. The van der Waals surface area contributed by atoms with Crippen LogP contribution in [0.3, 0.4) is 0 Å². The maximum Gasteiger partial charge on any atom is 0.272 e. The van der Waals surface area contributed by atoms with Gasteiger partial charge < -0.3 is 15.1 Å². The highest BCUT2D eigenvalue weighted by Crippen LogP contribution is 2.18. The predicted octanol–water partition coefficient (Wildman–Crippen LogP) is 1.29. The van der Waals surface area contributed by atoms with Crippen LogP contribution in [-0.4, -0.2) is 59.8 Å². The maximum absolute atomic E-state index is 12.1. The molecular formula is C16H25N5O. The van der Waals surface area contributed by atoms with E-state index in [0.717, 1.165) is 51.4 Å². The highest BCUT2D eigenvalue weighted by atomic mass is 16.2. The van der Waals surface area contributed by atoms with Gasteiger partial charge in [0.05, 0.1) is 0 Å². The van der Waals surface area contributed by atoms with Crippen molar-refractivity contribution in [3.05, 3.63) is 17.8 Å². The van der Waals surface area contributed by atoms with E-state index >= 15 is 0 Å². The Balaban J connectivity index is 1.56. The van der Waals surface area contributed by atoms with Crippen molar-refractivity contribution in [2.24, 2.45) is 0 Å². The Morgan fingerprint density at radius 1 is 1.18 bits per heavy atom. The van der Waals surface area contributed by atoms with Crippen molar-refractivity contribution >= 4 is 11.7 Å². The van der Waals surface area contributed by atoms with E-state index in [1.54, 1.807) is 6.07 Å². The van der Waals surface area contributed by atoms with Crippen molar-refractivity contribution in [2.45, 2.75) is 38.6 Å². The van der Waals surface area contributed by atoms with Gasteiger partial charge in [0.25, 0.3) is 5.91 Å². The Morgan fingerprint density at radius 2 is 1.91 bits per heavy atom. The lowest BCUT2D eigenvalue weighted by atomic mass is 10.2. The molecule has 1 saturated heterocycles. The van der Waals surface area contributed by atoms with Crippen molar-refractivity contribution in [3.8, 4) is 0 Å². The molecule has 1 amide bonds. The molecule has 1 saturated carbocycles. The fourth-order valence-corrected chi connectivity index (χ4v) is 3.24. The van der Waals surface area contributed by atoms with Gasteiger partial charge in [-0.25, -0.2) is 0 Å². The van der Waals surface area contributed by atoms with Crippen LogP contribution in [0.25, 0.3) is 0 Å². The van der Waals surface area contributed by atoms with E-state index in [0.29, 0.717) is 11.7 Å². The highest BCUT2D eigenvalue weighted by molar-refractivity contribution is 5.92. The molecule has 22 heavy (non-hydrogen) atoms. The van der Waals surface area contributed by atoms with E-state index < -0.39 is 0 Å². The van der Waals surface area contributed by atoms with Gasteiger partial charge in [-0.05, 0) is 31.5 Å². The normalized spacial score (nSPS) is 20.3. The summed E-state index contributed by atoms with van der Waals surface area (Å²) in [5, 5.41) is 11.4. The molecule has 1 aliphatic carbocycles. The van der Waals surface area contributed by atoms with E-state index in [4.69, 9.17) is 0 Å². The highest BCUT2D eigenvalue weighted by Gasteiger charge is 2.20. The SMILES string of the molecule is CCN1CCN(c2ccc(C(=O)NC3CCCC3)nn2)CC1. The third kappa shape index (κ3) is 3.55. The van der Waals surface area contributed by atoms with Crippen LogP contribution in [0.15, 0.2) is 12.1 Å². The molecule has 0 unspecified atom stereocenters. The van der Waals surface area contributed by atoms with Gasteiger partial charge in [0.1, 0.15) is 0 Å². The van der Waals surface area contributed by atoms with Crippen LogP contribution in [0.1, 0.15) is 43.1 Å². The predicted molar refractivity (Wildman–Crippen MR) is 86.1 cm³/mol. The van der Waals surface area contributed by atoms with E-state index in [9.17, 15) is 4.79 Å². The summed E-state index contributed by atoms with van der Waals surface area (Å²) >= 11 is 0. The van der Waals surface area contributed by atoms with Crippen LogP contribution in [0.2, 0.25) is 0 Å². The Labute approximate surface area is 131 Å². The summed E-state index contributed by atoms with van der Waals surface area (Å²) in [6.07, 6.45) is 4.58. The van der Waals surface area contributed by atoms with E-state index in [-0.39, 0.29) is 5.91 Å². The van der Waals surface area contributed by atoms with Gasteiger partial charge in [0.15, 0.2) is 11.5 Å². The van der Waals surface area contributed by atoms with Gasteiger partial charge in [-0.3, -0.25) is 4.79 Å². The number of carbonyl (C=O) groups excluding carboxylic acids is 1. The van der Waals surface area contributed by atoms with Crippen LogP contribution in [0.4, 0.5) is 5.82 Å². The van der Waals surface area contributed by atoms with Crippen molar-refractivity contribution in [1.82, 2.24) is 20.4 Å². The number of piperazine rings is 1. The number of nitrogens with zero attached hydrogens (tertiary/aromatic N) is 4. The minimum absolute atomic E-state index is 0.0956. The fourth-order valence-electron chi connectivity index (χ4n) is 3.24. The number of rotatable bonds is 4. The van der Waals surface area contributed by atoms with Crippen LogP contribution in [0.5, 0.6) is 0 Å². The van der Waals surface area contributed by atoms with Gasteiger partial charge in [-0.15, -0.1) is 10.2 Å². The number of hydrogen-bond acceptors (Lipinski definition) is 5. The average Bonchev–Trinajstić information content (AvgIpc) is 3.08. The second-order valence-electron chi connectivity index (χ2n) is 6.15. The van der Waals surface area contributed by atoms with Crippen LogP contribution in [0, 0.1) is 0 Å². The molecule has 0 aromatic carbocycles. The first-order chi connectivity index (χ1) is 10.8. The van der Waals surface area contributed by atoms with Crippen molar-refractivity contribution in [1.29, 1.82) is 0 Å². The first kappa shape index (κ1) is 15.2. The van der Waals surface area contributed by atoms with E-state index in [1.165, 1.54) is 12.8 Å². The van der Waals surface area contributed by atoms with E-state index in [2.05, 4.69) is 32.2 Å². The Kier molecular flexibility index (Phi) is 4.87. The zero-order valence-electron chi connectivity index (χ0n) is 13.3. The number of anilines is 1. The first-order valence-electron chi connectivity index (χ1n) is 8.38. The Hall–Kier alpha value is -1.69. The minimum Gasteiger partial charge on any atom is -0.353 e. The van der Waals surface area contributed by atoms with Gasteiger partial charge in [-0.1, -0.05) is 19.8 Å². The van der Waals surface area contributed by atoms with Gasteiger partial charge in [0, 0.05) is 32.2 Å². The minimum atomic E-state index is -0.0956. The Bertz CT molecular complexity index is 490. The molecule has 0 spiro atoms. The molecule has 2 heterocycles. The lowest BCUT2D eigenvalue weighted by Gasteiger charge is -2.34. The van der Waals surface area contributed by atoms with Gasteiger partial charge in [-0.2, -0.15) is 0 Å². The quantitative estimate of drug-likeness (QED) is 0.908. The third-order valence-corrected chi connectivity index (χ3v) is 4.72. The molecule has 120 valence electrons. The van der Waals surface area contributed by atoms with E-state index in [1.807, 2.05) is 6.07 Å². The summed E-state index contributed by atoms with van der Waals surface area (Å²) < 4.78 is 0. The molecule has 2 fully saturated rings. The fraction of sp³-hybridized carbons (Fsp3) is 0.688. The van der Waals surface area contributed by atoms with Gasteiger partial charge in [0.2, 0.25) is 0 Å². The second-order valence-corrected chi connectivity index (χ2v) is 6.15. The zero-order chi connectivity index (χ0) is 15.4. The van der Waals surface area contributed by atoms with Crippen molar-refractivity contribution in [2.75, 3.05) is 37.6 Å². The summed E-state index contributed by atoms with van der Waals surface area (Å²) in [6.45, 7) is 7.34. The molecule has 2 aliphatic rings. The van der Waals surface area contributed by atoms with Crippen LogP contribution < -0.4 is 10.2 Å². The zero-order valence-corrected chi connectivity index (χ0v) is 13.3. The molecular weight excluding hydrogens is 278 g/mol. The molecule has 1 N–H and O–H groups in total. The smallest absolute Gasteiger partial charge is 0.272 e. The molecule has 0 atom stereocenters. The topological polar surface area (TPSA) is 61.4 Å². The number of aromatic nitrogens is 2. The standard InChI is InChI=1S/C16H25N5O/c1-2-20-9-11-21(12-10-20)15-8-7-14(18-19-15)16(22)17-13-5-3-4-6-13/h7-8,13H,2-6,9-12H2,1H3,(H,17,22). The Morgan fingerprint density at radius 3 is 2.50 bits per heavy atom. The third-order valence-electron chi connectivity index (χ3n) is 4.72. The first-order valence-corrected chi connectivity index (χ1v) is 8.38. The molecule has 6 nitrogen and oxygen atoms in total. The summed E-state index contributed by atoms with van der Waals surface area (Å²) in [7, 11) is 0. The number of likely N-dealkylation sites (N-methyl/N-ethyl adjacent to an activating group) is 1. The average molecular weight is 303 g/mol. The van der Waals surface area contributed by atoms with Gasteiger partial charge >= 0.3 is 0 Å². The van der Waals surface area contributed by atoms with Crippen LogP contribution >= 0.6 is 0 Å². The number of amides is 1. The molecule has 0 radical (unpaired) electrons. The largest absolute Gasteiger partial charge is 0.353 e. The molecule has 3 rings (SSSR count). The monoisotopic (exact) mass is 303 g/mol. The number of nitrogens with one attached hydrogen (secondary N) is 1. The molecule has 1 aliphatic heterocycles. The van der Waals surface area contributed by atoms with Crippen LogP contribution in [-0.2, 0) is 0 Å². The number of hydrogen-bond donors (Lipinski definition) is 1. The number of carbonyl (C=O) groups is 1. The lowest BCUT2D eigenvalue weighted by Crippen LogP contribution is -2.46.